The van der Waals surface area contributed by atoms with E-state index in [-0.39, 0.29) is 23.9 Å². The number of nitrogens with zero attached hydrogens (tertiary/aromatic N) is 1. The highest BCUT2D eigenvalue weighted by Crippen LogP contribution is 2.31. The minimum Gasteiger partial charge on any atom is -0.305 e. The number of imide groups is 1. The third-order valence-electron chi connectivity index (χ3n) is 3.97. The molecule has 1 N–H and O–H groups in total. The van der Waals surface area contributed by atoms with Crippen LogP contribution in [-0.4, -0.2) is 35.3 Å². The van der Waals surface area contributed by atoms with Crippen molar-refractivity contribution < 1.29 is 9.59 Å². The van der Waals surface area contributed by atoms with E-state index in [0.717, 1.165) is 32.2 Å². The summed E-state index contributed by atoms with van der Waals surface area (Å²) in [6, 6.07) is 10.2. The van der Waals surface area contributed by atoms with Crippen LogP contribution in [0.4, 0.5) is 0 Å². The largest absolute Gasteiger partial charge is 0.305 e. The summed E-state index contributed by atoms with van der Waals surface area (Å²) in [6.45, 7) is 0.775. The molecule has 4 nitrogen and oxygen atoms in total. The van der Waals surface area contributed by atoms with Crippen molar-refractivity contribution in [1.82, 2.24) is 10.2 Å². The third kappa shape index (κ3) is 2.90. The number of likely N-dealkylation sites (tertiary alicyclic amines) is 1. The van der Waals surface area contributed by atoms with Crippen LogP contribution in [0.15, 0.2) is 30.3 Å². The highest BCUT2D eigenvalue weighted by molar-refractivity contribution is 6.06. The predicted molar refractivity (Wildman–Crippen MR) is 76.0 cm³/mol. The molecule has 1 aliphatic carbocycles. The van der Waals surface area contributed by atoms with Crippen molar-refractivity contribution in [3.05, 3.63) is 35.9 Å². The summed E-state index contributed by atoms with van der Waals surface area (Å²) in [4.78, 5) is 25.4. The zero-order valence-electron chi connectivity index (χ0n) is 11.5. The molecule has 1 aromatic rings. The third-order valence-corrected chi connectivity index (χ3v) is 3.97. The number of hydrogen-bond acceptors (Lipinski definition) is 3. The van der Waals surface area contributed by atoms with Gasteiger partial charge in [0.05, 0.1) is 12.5 Å². The normalized spacial score (nSPS) is 22.6. The Morgan fingerprint density at radius 3 is 2.60 bits per heavy atom. The van der Waals surface area contributed by atoms with Crippen LogP contribution in [0.2, 0.25) is 0 Å². The summed E-state index contributed by atoms with van der Waals surface area (Å²) in [7, 11) is 0. The quantitative estimate of drug-likeness (QED) is 0.630. The van der Waals surface area contributed by atoms with E-state index in [9.17, 15) is 9.59 Å². The van der Waals surface area contributed by atoms with Gasteiger partial charge in [-0.1, -0.05) is 30.3 Å². The number of aryl methyl sites for hydroxylation is 1. The molecule has 1 saturated heterocycles. The maximum atomic E-state index is 12.1. The topological polar surface area (TPSA) is 49.4 Å². The molecule has 2 amide bonds. The molecule has 3 rings (SSSR count). The zero-order valence-corrected chi connectivity index (χ0v) is 11.5. The first-order valence-electron chi connectivity index (χ1n) is 7.39. The molecule has 4 heteroatoms. The van der Waals surface area contributed by atoms with E-state index in [1.807, 2.05) is 18.2 Å². The standard InChI is InChI=1S/C16H20N2O2/c19-15-11-14(16(20)18(15)13-8-9-13)17-10-4-7-12-5-2-1-3-6-12/h1-3,5-6,13-14,17H,4,7-11H2. The number of carbonyl (C=O) groups excluding carboxylic acids is 2. The Morgan fingerprint density at radius 1 is 1.15 bits per heavy atom. The first-order chi connectivity index (χ1) is 9.75. The van der Waals surface area contributed by atoms with Crippen LogP contribution in [0.5, 0.6) is 0 Å². The van der Waals surface area contributed by atoms with Crippen LogP contribution in [0.1, 0.15) is 31.2 Å². The van der Waals surface area contributed by atoms with E-state index < -0.39 is 0 Å². The lowest BCUT2D eigenvalue weighted by molar-refractivity contribution is -0.139. The summed E-state index contributed by atoms with van der Waals surface area (Å²) >= 11 is 0. The molecule has 0 spiro atoms. The fraction of sp³-hybridized carbons (Fsp3) is 0.500. The lowest BCUT2D eigenvalue weighted by Crippen LogP contribution is -2.40. The molecule has 106 valence electrons. The van der Waals surface area contributed by atoms with E-state index in [1.54, 1.807) is 0 Å². The lowest BCUT2D eigenvalue weighted by Gasteiger charge is -2.14. The van der Waals surface area contributed by atoms with E-state index >= 15 is 0 Å². The van der Waals surface area contributed by atoms with Crippen LogP contribution in [-0.2, 0) is 16.0 Å². The Morgan fingerprint density at radius 2 is 1.90 bits per heavy atom. The Balaban J connectivity index is 1.43. The van der Waals surface area contributed by atoms with Crippen molar-refractivity contribution in [2.24, 2.45) is 0 Å². The van der Waals surface area contributed by atoms with Gasteiger partial charge in [0.15, 0.2) is 0 Å². The van der Waals surface area contributed by atoms with Gasteiger partial charge in [0, 0.05) is 6.04 Å². The first-order valence-corrected chi connectivity index (χ1v) is 7.39. The summed E-state index contributed by atoms with van der Waals surface area (Å²) in [5.41, 5.74) is 1.31. The second-order valence-corrected chi connectivity index (χ2v) is 5.63. The monoisotopic (exact) mass is 272 g/mol. The van der Waals surface area contributed by atoms with Crippen LogP contribution >= 0.6 is 0 Å². The average molecular weight is 272 g/mol. The first kappa shape index (κ1) is 13.3. The van der Waals surface area contributed by atoms with Gasteiger partial charge in [0.1, 0.15) is 0 Å². The molecule has 0 radical (unpaired) electrons. The number of amides is 2. The smallest absolute Gasteiger partial charge is 0.247 e. The maximum absolute atomic E-state index is 12.1. The SMILES string of the molecule is O=C1CC(NCCCc2ccccc2)C(=O)N1C1CC1. The van der Waals surface area contributed by atoms with Gasteiger partial charge in [-0.3, -0.25) is 14.5 Å². The fourth-order valence-corrected chi connectivity index (χ4v) is 2.74. The number of benzene rings is 1. The molecule has 0 aromatic heterocycles. The molecule has 1 aliphatic heterocycles. The highest BCUT2D eigenvalue weighted by atomic mass is 16.2. The predicted octanol–water partition coefficient (Wildman–Crippen LogP) is 1.50. The maximum Gasteiger partial charge on any atom is 0.247 e. The lowest BCUT2D eigenvalue weighted by atomic mass is 10.1. The van der Waals surface area contributed by atoms with Crippen LogP contribution in [0.25, 0.3) is 0 Å². The van der Waals surface area contributed by atoms with Crippen LogP contribution < -0.4 is 5.32 Å². The van der Waals surface area contributed by atoms with E-state index in [2.05, 4.69) is 17.4 Å². The van der Waals surface area contributed by atoms with Gasteiger partial charge in [-0.25, -0.2) is 0 Å². The molecular weight excluding hydrogens is 252 g/mol. The number of carbonyl (C=O) groups is 2. The molecule has 1 heterocycles. The fourth-order valence-electron chi connectivity index (χ4n) is 2.74. The molecule has 1 unspecified atom stereocenters. The average Bonchev–Trinajstić information content (AvgIpc) is 3.24. The molecular formula is C16H20N2O2. The van der Waals surface area contributed by atoms with Crippen molar-refractivity contribution >= 4 is 11.8 Å². The van der Waals surface area contributed by atoms with Gasteiger partial charge in [0.25, 0.3) is 0 Å². The summed E-state index contributed by atoms with van der Waals surface area (Å²) in [5.74, 6) is -0.0183. The summed E-state index contributed by atoms with van der Waals surface area (Å²) in [6.07, 6.45) is 4.28. The molecule has 1 saturated carbocycles. The Hall–Kier alpha value is -1.68. The molecule has 1 aromatic carbocycles. The van der Waals surface area contributed by atoms with E-state index in [4.69, 9.17) is 0 Å². The highest BCUT2D eigenvalue weighted by Gasteiger charge is 2.45. The van der Waals surface area contributed by atoms with Crippen molar-refractivity contribution in [2.75, 3.05) is 6.54 Å². The summed E-state index contributed by atoms with van der Waals surface area (Å²) < 4.78 is 0. The summed E-state index contributed by atoms with van der Waals surface area (Å²) in [5, 5.41) is 3.23. The van der Waals surface area contributed by atoms with Crippen molar-refractivity contribution in [3.63, 3.8) is 0 Å². The second-order valence-electron chi connectivity index (χ2n) is 5.63. The van der Waals surface area contributed by atoms with Gasteiger partial charge in [-0.15, -0.1) is 0 Å². The number of rotatable bonds is 6. The van der Waals surface area contributed by atoms with Gasteiger partial charge >= 0.3 is 0 Å². The molecule has 2 aliphatic rings. The minimum atomic E-state index is -0.293. The molecule has 1 atom stereocenters. The van der Waals surface area contributed by atoms with Crippen molar-refractivity contribution in [3.8, 4) is 0 Å². The van der Waals surface area contributed by atoms with E-state index in [0.29, 0.717) is 6.42 Å². The van der Waals surface area contributed by atoms with Gasteiger partial charge in [0.2, 0.25) is 11.8 Å². The Kier molecular flexibility index (Phi) is 3.83. The van der Waals surface area contributed by atoms with Crippen molar-refractivity contribution in [1.29, 1.82) is 0 Å². The Bertz CT molecular complexity index is 496. The van der Waals surface area contributed by atoms with E-state index in [1.165, 1.54) is 10.5 Å². The molecule has 2 fully saturated rings. The van der Waals surface area contributed by atoms with Gasteiger partial charge in [-0.05, 0) is 37.8 Å². The number of hydrogen-bond donors (Lipinski definition) is 1. The molecule has 20 heavy (non-hydrogen) atoms. The van der Waals surface area contributed by atoms with Crippen LogP contribution in [0.3, 0.4) is 0 Å². The minimum absolute atomic E-state index is 0.00180. The van der Waals surface area contributed by atoms with Gasteiger partial charge in [-0.2, -0.15) is 0 Å². The second kappa shape index (κ2) is 5.75. The Labute approximate surface area is 119 Å². The number of nitrogens with one attached hydrogen (secondary N) is 1. The zero-order chi connectivity index (χ0) is 13.9. The van der Waals surface area contributed by atoms with Gasteiger partial charge < -0.3 is 5.32 Å². The van der Waals surface area contributed by atoms with Crippen molar-refractivity contribution in [2.45, 2.75) is 44.2 Å². The molecule has 0 bridgehead atoms. The van der Waals surface area contributed by atoms with Crippen LogP contribution in [0, 0.1) is 0 Å².